The highest BCUT2D eigenvalue weighted by atomic mass is 16.2. The second-order valence-electron chi connectivity index (χ2n) is 5.26. The van der Waals surface area contributed by atoms with E-state index in [-0.39, 0.29) is 11.7 Å². The third-order valence-corrected chi connectivity index (χ3v) is 3.52. The first-order valence-electron chi connectivity index (χ1n) is 7.53. The number of nitrogens with zero attached hydrogens (tertiary/aromatic N) is 2. The second kappa shape index (κ2) is 8.06. The number of aromatic amines is 2. The number of amides is 1. The molecule has 1 amide bonds. The lowest BCUT2D eigenvalue weighted by Gasteiger charge is -2.15. The van der Waals surface area contributed by atoms with Crippen molar-refractivity contribution in [2.45, 2.75) is 38.6 Å². The zero-order valence-corrected chi connectivity index (χ0v) is 12.8. The fraction of sp³-hybridized carbons (Fsp3) is 0.500. The summed E-state index contributed by atoms with van der Waals surface area (Å²) in [7, 11) is 0. The second-order valence-corrected chi connectivity index (χ2v) is 5.26. The van der Waals surface area contributed by atoms with Gasteiger partial charge in [-0.15, -0.1) is 5.10 Å². The van der Waals surface area contributed by atoms with Gasteiger partial charge in [0, 0.05) is 6.21 Å². The molecule has 23 heavy (non-hydrogen) atoms. The Morgan fingerprint density at radius 3 is 3.00 bits per heavy atom. The van der Waals surface area contributed by atoms with Gasteiger partial charge in [-0.05, 0) is 31.6 Å². The maximum absolute atomic E-state index is 12.1. The van der Waals surface area contributed by atoms with Gasteiger partial charge in [0.05, 0.1) is 0 Å². The first kappa shape index (κ1) is 16.7. The molecule has 0 bridgehead atoms. The zero-order valence-electron chi connectivity index (χ0n) is 12.8. The van der Waals surface area contributed by atoms with Crippen LogP contribution in [0.1, 0.15) is 32.6 Å². The summed E-state index contributed by atoms with van der Waals surface area (Å²) in [6.07, 6.45) is 9.35. The van der Waals surface area contributed by atoms with E-state index in [0.29, 0.717) is 12.3 Å². The molecule has 2 atom stereocenters. The lowest BCUT2D eigenvalue weighted by Crippen LogP contribution is -2.39. The molecule has 124 valence electrons. The molecular weight excluding hydrogens is 300 g/mol. The van der Waals surface area contributed by atoms with Crippen LogP contribution >= 0.6 is 0 Å². The largest absolute Gasteiger partial charge is 0.352 e. The Morgan fingerprint density at radius 2 is 2.35 bits per heavy atom. The van der Waals surface area contributed by atoms with E-state index >= 15 is 0 Å². The highest BCUT2D eigenvalue weighted by Crippen LogP contribution is 2.15. The summed E-state index contributed by atoms with van der Waals surface area (Å²) in [5.41, 5.74) is 1.08. The van der Waals surface area contributed by atoms with Crippen LogP contribution in [0.25, 0.3) is 0 Å². The summed E-state index contributed by atoms with van der Waals surface area (Å²) in [5, 5.41) is 12.4. The normalized spacial score (nSPS) is 18.7. The number of allylic oxidation sites excluding steroid dienone is 2. The molecule has 1 aromatic rings. The number of aromatic nitrogens is 3. The van der Waals surface area contributed by atoms with Gasteiger partial charge in [0.25, 0.3) is 11.5 Å². The van der Waals surface area contributed by atoms with Gasteiger partial charge in [-0.25, -0.2) is 15.3 Å². The van der Waals surface area contributed by atoms with Crippen molar-refractivity contribution in [3.05, 3.63) is 33.0 Å². The van der Waals surface area contributed by atoms with Crippen molar-refractivity contribution in [1.82, 2.24) is 20.6 Å². The number of hydrogen-bond donors (Lipinski definition) is 4. The molecule has 1 aliphatic carbocycles. The molecule has 0 aromatic carbocycles. The van der Waals surface area contributed by atoms with Crippen LogP contribution in [0.5, 0.6) is 0 Å². The molecule has 1 aromatic heterocycles. The quantitative estimate of drug-likeness (QED) is 0.335. The standard InChI is InChI=1S/C14H20N6O3/c1-2-10(16-11-13(22)17-14(23)20-18-11)12(21)19-15-8-9-6-4-3-5-7-9/h3-4,8-10H,2,5-7H2,1H3,(H,16,18)(H,19,21)(H2,17,20,22,23)/t9-,10+/m1/s1. The van der Waals surface area contributed by atoms with Crippen molar-refractivity contribution in [2.75, 3.05) is 5.32 Å². The number of hydrogen-bond acceptors (Lipinski definition) is 6. The van der Waals surface area contributed by atoms with Crippen LogP contribution in [-0.4, -0.2) is 33.3 Å². The van der Waals surface area contributed by atoms with Crippen LogP contribution in [0.15, 0.2) is 26.8 Å². The van der Waals surface area contributed by atoms with E-state index in [4.69, 9.17) is 0 Å². The first-order valence-corrected chi connectivity index (χ1v) is 7.53. The van der Waals surface area contributed by atoms with Gasteiger partial charge in [0.1, 0.15) is 6.04 Å². The molecule has 0 saturated carbocycles. The fourth-order valence-electron chi connectivity index (χ4n) is 2.20. The summed E-state index contributed by atoms with van der Waals surface area (Å²) in [6, 6.07) is -0.682. The third kappa shape index (κ3) is 4.90. The third-order valence-electron chi connectivity index (χ3n) is 3.52. The monoisotopic (exact) mass is 320 g/mol. The minimum Gasteiger partial charge on any atom is -0.352 e. The molecule has 0 spiro atoms. The average Bonchev–Trinajstić information content (AvgIpc) is 2.55. The summed E-state index contributed by atoms with van der Waals surface area (Å²) in [4.78, 5) is 36.6. The van der Waals surface area contributed by atoms with Gasteiger partial charge in [-0.2, -0.15) is 5.10 Å². The highest BCUT2D eigenvalue weighted by Gasteiger charge is 2.18. The maximum atomic E-state index is 12.1. The van der Waals surface area contributed by atoms with Crippen molar-refractivity contribution in [3.63, 3.8) is 0 Å². The van der Waals surface area contributed by atoms with Crippen molar-refractivity contribution >= 4 is 17.9 Å². The molecule has 9 nitrogen and oxygen atoms in total. The SMILES string of the molecule is CC[C@H](Nc1n[nH]c(=O)[nH]c1=O)C(=O)NN=C[C@@H]1CC=CCC1. The molecule has 4 N–H and O–H groups in total. The van der Waals surface area contributed by atoms with Crippen LogP contribution < -0.4 is 22.0 Å². The molecule has 9 heteroatoms. The van der Waals surface area contributed by atoms with Crippen molar-refractivity contribution in [2.24, 2.45) is 11.0 Å². The van der Waals surface area contributed by atoms with E-state index in [0.717, 1.165) is 19.3 Å². The number of carbonyl (C=O) groups excluding carboxylic acids is 1. The van der Waals surface area contributed by atoms with Crippen molar-refractivity contribution in [1.29, 1.82) is 0 Å². The Balaban J connectivity index is 1.92. The van der Waals surface area contributed by atoms with Crippen LogP contribution in [-0.2, 0) is 4.79 Å². The van der Waals surface area contributed by atoms with Gasteiger partial charge in [-0.3, -0.25) is 14.6 Å². The minimum atomic E-state index is -0.704. The maximum Gasteiger partial charge on any atom is 0.342 e. The molecule has 2 rings (SSSR count). The molecular formula is C14H20N6O3. The number of H-pyrrole nitrogens is 2. The Bertz CT molecular complexity index is 705. The van der Waals surface area contributed by atoms with E-state index in [2.05, 4.69) is 38.2 Å². The molecule has 0 aliphatic heterocycles. The molecule has 0 fully saturated rings. The first-order chi connectivity index (χ1) is 11.1. The Kier molecular flexibility index (Phi) is 5.84. The molecule has 1 aliphatic rings. The summed E-state index contributed by atoms with van der Waals surface area (Å²) < 4.78 is 0. The van der Waals surface area contributed by atoms with Gasteiger partial charge < -0.3 is 5.32 Å². The van der Waals surface area contributed by atoms with Gasteiger partial charge >= 0.3 is 5.69 Å². The lowest BCUT2D eigenvalue weighted by molar-refractivity contribution is -0.121. The molecule has 0 saturated heterocycles. The fourth-order valence-corrected chi connectivity index (χ4v) is 2.20. The summed E-state index contributed by atoms with van der Waals surface area (Å²) >= 11 is 0. The smallest absolute Gasteiger partial charge is 0.342 e. The highest BCUT2D eigenvalue weighted by molar-refractivity contribution is 5.84. The number of hydrazone groups is 1. The number of nitrogens with one attached hydrogen (secondary N) is 4. The Morgan fingerprint density at radius 1 is 1.52 bits per heavy atom. The predicted octanol–water partition coefficient (Wildman–Crippen LogP) is 0.107. The van der Waals surface area contributed by atoms with E-state index in [1.54, 1.807) is 13.1 Å². The zero-order chi connectivity index (χ0) is 16.7. The van der Waals surface area contributed by atoms with E-state index < -0.39 is 17.3 Å². The number of carbonyl (C=O) groups is 1. The summed E-state index contributed by atoms with van der Waals surface area (Å²) in [6.45, 7) is 1.78. The number of rotatable bonds is 6. The topological polar surface area (TPSA) is 132 Å². The van der Waals surface area contributed by atoms with E-state index in [1.165, 1.54) is 0 Å². The van der Waals surface area contributed by atoms with Crippen molar-refractivity contribution < 1.29 is 4.79 Å². The van der Waals surface area contributed by atoms with Crippen LogP contribution in [0.3, 0.4) is 0 Å². The van der Waals surface area contributed by atoms with Crippen LogP contribution in [0.2, 0.25) is 0 Å². The Hall–Kier alpha value is -2.71. The number of anilines is 1. The lowest BCUT2D eigenvalue weighted by atomic mass is 9.96. The van der Waals surface area contributed by atoms with Crippen LogP contribution in [0, 0.1) is 5.92 Å². The van der Waals surface area contributed by atoms with Gasteiger partial charge in [-0.1, -0.05) is 19.1 Å². The van der Waals surface area contributed by atoms with E-state index in [9.17, 15) is 14.4 Å². The average molecular weight is 320 g/mol. The van der Waals surface area contributed by atoms with Crippen molar-refractivity contribution in [3.8, 4) is 0 Å². The Labute approximate surface area is 132 Å². The predicted molar refractivity (Wildman–Crippen MR) is 86.3 cm³/mol. The molecule has 1 heterocycles. The molecule has 0 radical (unpaired) electrons. The van der Waals surface area contributed by atoms with Gasteiger partial charge in [0.15, 0.2) is 0 Å². The van der Waals surface area contributed by atoms with Crippen LogP contribution in [0.4, 0.5) is 5.82 Å². The molecule has 0 unspecified atom stereocenters. The minimum absolute atomic E-state index is 0.118. The van der Waals surface area contributed by atoms with E-state index in [1.807, 2.05) is 4.98 Å². The summed E-state index contributed by atoms with van der Waals surface area (Å²) in [5.74, 6) is -0.160. The van der Waals surface area contributed by atoms with Gasteiger partial charge in [0.2, 0.25) is 5.82 Å².